The molecule has 2 rings (SSSR count). The molecule has 2 nitrogen and oxygen atoms in total. The van der Waals surface area contributed by atoms with Gasteiger partial charge in [0.25, 0.3) is 0 Å². The molecule has 0 saturated carbocycles. The lowest BCUT2D eigenvalue weighted by Crippen LogP contribution is -2.08. The van der Waals surface area contributed by atoms with Crippen LogP contribution < -0.4 is 4.74 Å². The van der Waals surface area contributed by atoms with Gasteiger partial charge < -0.3 is 9.47 Å². The molecule has 0 aliphatic carbocycles. The van der Waals surface area contributed by atoms with Crippen molar-refractivity contribution >= 4 is 11.6 Å². The highest BCUT2D eigenvalue weighted by atomic mass is 35.5. The zero-order valence-electron chi connectivity index (χ0n) is 11.3. The zero-order chi connectivity index (χ0) is 14.2. The molecule has 1 aromatic rings. The van der Waals surface area contributed by atoms with Crippen molar-refractivity contribution in [1.82, 2.24) is 0 Å². The van der Waals surface area contributed by atoms with Gasteiger partial charge >= 0.3 is 0 Å². The minimum atomic E-state index is -0.324. The fraction of sp³-hybridized carbons (Fsp3) is 0.500. The Morgan fingerprint density at radius 2 is 2.35 bits per heavy atom. The van der Waals surface area contributed by atoms with Gasteiger partial charge in [-0.15, -0.1) is 11.6 Å². The van der Waals surface area contributed by atoms with Crippen molar-refractivity contribution in [3.05, 3.63) is 29.6 Å². The predicted molar refractivity (Wildman–Crippen MR) is 77.7 cm³/mol. The van der Waals surface area contributed by atoms with Crippen LogP contribution in [0.25, 0.3) is 0 Å². The quantitative estimate of drug-likeness (QED) is 0.468. The van der Waals surface area contributed by atoms with Crippen molar-refractivity contribution in [1.29, 1.82) is 0 Å². The molecule has 1 unspecified atom stereocenters. The Morgan fingerprint density at radius 1 is 1.45 bits per heavy atom. The van der Waals surface area contributed by atoms with Gasteiger partial charge in [-0.25, -0.2) is 4.39 Å². The molecule has 0 spiro atoms. The van der Waals surface area contributed by atoms with Gasteiger partial charge in [0.05, 0.1) is 24.2 Å². The summed E-state index contributed by atoms with van der Waals surface area (Å²) in [5, 5.41) is 0. The van der Waals surface area contributed by atoms with Crippen LogP contribution in [-0.4, -0.2) is 25.2 Å². The minimum absolute atomic E-state index is 0.217. The molecule has 1 aliphatic rings. The van der Waals surface area contributed by atoms with E-state index in [0.717, 1.165) is 32.3 Å². The maximum atomic E-state index is 13.2. The normalized spacial score (nSPS) is 17.6. The highest BCUT2D eigenvalue weighted by molar-refractivity contribution is 6.19. The van der Waals surface area contributed by atoms with E-state index in [-0.39, 0.29) is 11.7 Å². The predicted octanol–water partition coefficient (Wildman–Crippen LogP) is 3.75. The average molecular weight is 297 g/mol. The second kappa shape index (κ2) is 8.14. The monoisotopic (exact) mass is 296 g/mol. The van der Waals surface area contributed by atoms with Crippen LogP contribution in [0.4, 0.5) is 4.39 Å². The standard InChI is InChI=1S/C16H18ClFO2/c17-9-1-4-13-12-14(18)7-8-16(13)20-11-3-6-15-5-2-10-19-15/h7-8,12,15H,2-3,5-6,9-11H2. The van der Waals surface area contributed by atoms with Gasteiger partial charge in [-0.2, -0.15) is 0 Å². The van der Waals surface area contributed by atoms with Crippen LogP contribution in [0.5, 0.6) is 5.75 Å². The summed E-state index contributed by atoms with van der Waals surface area (Å²) in [6.07, 6.45) is 4.60. The summed E-state index contributed by atoms with van der Waals surface area (Å²) in [5.41, 5.74) is 0.544. The first-order valence-electron chi connectivity index (χ1n) is 6.88. The van der Waals surface area contributed by atoms with Gasteiger partial charge in [-0.3, -0.25) is 0 Å². The first-order valence-corrected chi connectivity index (χ1v) is 7.42. The SMILES string of the molecule is Fc1ccc(OCCCC2CCCO2)c(C#CCCl)c1. The molecule has 1 fully saturated rings. The Labute approximate surface area is 124 Å². The molecule has 0 aromatic heterocycles. The van der Waals surface area contributed by atoms with E-state index in [4.69, 9.17) is 21.1 Å². The molecule has 4 heteroatoms. The summed E-state index contributed by atoms with van der Waals surface area (Å²) in [6, 6.07) is 4.36. The van der Waals surface area contributed by atoms with Crippen LogP contribution in [0.1, 0.15) is 31.2 Å². The Hall–Kier alpha value is -1.24. The van der Waals surface area contributed by atoms with Crippen LogP contribution >= 0.6 is 11.6 Å². The van der Waals surface area contributed by atoms with Crippen molar-refractivity contribution in [3.63, 3.8) is 0 Å². The Bertz CT molecular complexity index is 487. The van der Waals surface area contributed by atoms with Crippen molar-refractivity contribution in [3.8, 4) is 17.6 Å². The number of hydrogen-bond donors (Lipinski definition) is 0. The Kier molecular flexibility index (Phi) is 6.17. The molecule has 1 aliphatic heterocycles. The van der Waals surface area contributed by atoms with Gasteiger partial charge in [0.2, 0.25) is 0 Å². The topological polar surface area (TPSA) is 18.5 Å². The van der Waals surface area contributed by atoms with Crippen LogP contribution in [0.2, 0.25) is 0 Å². The summed E-state index contributed by atoms with van der Waals surface area (Å²) in [5.74, 6) is 6.03. The van der Waals surface area contributed by atoms with Gasteiger partial charge in [0.1, 0.15) is 11.6 Å². The number of hydrogen-bond acceptors (Lipinski definition) is 2. The van der Waals surface area contributed by atoms with E-state index in [1.54, 1.807) is 6.07 Å². The maximum Gasteiger partial charge on any atom is 0.135 e. The number of benzene rings is 1. The van der Waals surface area contributed by atoms with Crippen molar-refractivity contribution in [2.24, 2.45) is 0 Å². The van der Waals surface area contributed by atoms with E-state index in [0.29, 0.717) is 24.0 Å². The number of rotatable bonds is 5. The third kappa shape index (κ3) is 4.70. The van der Waals surface area contributed by atoms with Gasteiger partial charge in [-0.05, 0) is 43.9 Å². The van der Waals surface area contributed by atoms with Crippen LogP contribution in [-0.2, 0) is 4.74 Å². The van der Waals surface area contributed by atoms with E-state index < -0.39 is 0 Å². The van der Waals surface area contributed by atoms with Crippen molar-refractivity contribution < 1.29 is 13.9 Å². The molecular weight excluding hydrogens is 279 g/mol. The molecule has 0 bridgehead atoms. The molecule has 1 aromatic carbocycles. The van der Waals surface area contributed by atoms with Crippen LogP contribution in [0, 0.1) is 17.7 Å². The second-order valence-corrected chi connectivity index (χ2v) is 4.97. The lowest BCUT2D eigenvalue weighted by Gasteiger charge is -2.11. The number of ether oxygens (including phenoxy) is 2. The fourth-order valence-corrected chi connectivity index (χ4v) is 2.29. The first kappa shape index (κ1) is 15.2. The molecule has 20 heavy (non-hydrogen) atoms. The second-order valence-electron chi connectivity index (χ2n) is 4.70. The summed E-state index contributed by atoms with van der Waals surface area (Å²) >= 11 is 5.52. The van der Waals surface area contributed by atoms with E-state index in [9.17, 15) is 4.39 Å². The average Bonchev–Trinajstić information content (AvgIpc) is 2.96. The van der Waals surface area contributed by atoms with E-state index >= 15 is 0 Å². The maximum absolute atomic E-state index is 13.2. The minimum Gasteiger partial charge on any atom is -0.492 e. The molecule has 108 valence electrons. The lowest BCUT2D eigenvalue weighted by atomic mass is 10.1. The Balaban J connectivity index is 1.84. The summed E-state index contributed by atoms with van der Waals surface area (Å²) < 4.78 is 24.4. The molecule has 1 atom stereocenters. The third-order valence-electron chi connectivity index (χ3n) is 3.18. The van der Waals surface area contributed by atoms with Crippen LogP contribution in [0.3, 0.4) is 0 Å². The van der Waals surface area contributed by atoms with E-state index in [1.807, 2.05) is 0 Å². The van der Waals surface area contributed by atoms with E-state index in [1.165, 1.54) is 12.1 Å². The number of alkyl halides is 1. The lowest BCUT2D eigenvalue weighted by molar-refractivity contribution is 0.0981. The van der Waals surface area contributed by atoms with Gasteiger partial charge in [-0.1, -0.05) is 11.8 Å². The summed E-state index contributed by atoms with van der Waals surface area (Å²) in [6.45, 7) is 1.46. The zero-order valence-corrected chi connectivity index (χ0v) is 12.1. The van der Waals surface area contributed by atoms with Crippen LogP contribution in [0.15, 0.2) is 18.2 Å². The van der Waals surface area contributed by atoms with E-state index in [2.05, 4.69) is 11.8 Å². The Morgan fingerprint density at radius 3 is 3.10 bits per heavy atom. The molecule has 1 saturated heterocycles. The highest BCUT2D eigenvalue weighted by Gasteiger charge is 2.14. The fourth-order valence-electron chi connectivity index (χ4n) is 2.22. The van der Waals surface area contributed by atoms with Crippen molar-refractivity contribution in [2.45, 2.75) is 31.8 Å². The summed E-state index contributed by atoms with van der Waals surface area (Å²) in [7, 11) is 0. The molecule has 1 heterocycles. The molecule has 0 amide bonds. The largest absolute Gasteiger partial charge is 0.492 e. The number of halogens is 2. The van der Waals surface area contributed by atoms with Gasteiger partial charge in [0.15, 0.2) is 0 Å². The molecule has 0 radical (unpaired) electrons. The smallest absolute Gasteiger partial charge is 0.135 e. The first-order chi connectivity index (χ1) is 9.79. The highest BCUT2D eigenvalue weighted by Crippen LogP contribution is 2.20. The van der Waals surface area contributed by atoms with Gasteiger partial charge in [0, 0.05) is 6.61 Å². The third-order valence-corrected chi connectivity index (χ3v) is 3.32. The molecular formula is C16H18ClFO2. The van der Waals surface area contributed by atoms with Crippen molar-refractivity contribution in [2.75, 3.05) is 19.1 Å². The summed E-state index contributed by atoms with van der Waals surface area (Å²) in [4.78, 5) is 0. The molecule has 0 N–H and O–H groups in total.